The molecule has 1 saturated carbocycles. The van der Waals surface area contributed by atoms with Crippen molar-refractivity contribution in [2.45, 2.75) is 57.4 Å². The molecule has 0 aromatic heterocycles. The minimum absolute atomic E-state index is 0.0558. The second-order valence-electron chi connectivity index (χ2n) is 7.51. The van der Waals surface area contributed by atoms with Gasteiger partial charge in [0, 0.05) is 24.7 Å². The molecular formula is C21H29FN2O3. The molecule has 3 rings (SSSR count). The van der Waals surface area contributed by atoms with Crippen molar-refractivity contribution in [1.29, 1.82) is 0 Å². The van der Waals surface area contributed by atoms with Crippen molar-refractivity contribution in [3.8, 4) is 5.75 Å². The minimum atomic E-state index is -0.542. The monoisotopic (exact) mass is 376 g/mol. The number of benzene rings is 1. The maximum absolute atomic E-state index is 14.1. The van der Waals surface area contributed by atoms with E-state index < -0.39 is 5.82 Å². The Morgan fingerprint density at radius 2 is 1.93 bits per heavy atom. The number of fused-ring (bicyclic) bond motifs is 1. The summed E-state index contributed by atoms with van der Waals surface area (Å²) in [7, 11) is 1.40. The van der Waals surface area contributed by atoms with Gasteiger partial charge in [-0.2, -0.15) is 0 Å². The Morgan fingerprint density at radius 3 is 2.70 bits per heavy atom. The normalized spacial score (nSPS) is 24.4. The molecule has 1 aromatic carbocycles. The molecule has 27 heavy (non-hydrogen) atoms. The molecule has 1 aromatic rings. The predicted octanol–water partition coefficient (Wildman–Crippen LogP) is 3.53. The molecule has 0 spiro atoms. The van der Waals surface area contributed by atoms with E-state index in [4.69, 9.17) is 4.74 Å². The van der Waals surface area contributed by atoms with Gasteiger partial charge in [-0.15, -0.1) is 0 Å². The number of nitrogens with zero attached hydrogens (tertiary/aromatic N) is 1. The number of hydrogen-bond donors (Lipinski definition) is 1. The van der Waals surface area contributed by atoms with E-state index in [1.54, 1.807) is 6.07 Å². The van der Waals surface area contributed by atoms with Gasteiger partial charge in [-0.3, -0.25) is 9.59 Å². The number of amides is 2. The highest BCUT2D eigenvalue weighted by Crippen LogP contribution is 2.31. The number of halogens is 1. The third-order valence-electron chi connectivity index (χ3n) is 5.75. The van der Waals surface area contributed by atoms with Crippen LogP contribution in [0.5, 0.6) is 5.75 Å². The highest BCUT2D eigenvalue weighted by Gasteiger charge is 2.37. The maximum Gasteiger partial charge on any atom is 0.254 e. The molecule has 6 heteroatoms. The Bertz CT molecular complexity index is 679. The molecule has 1 aliphatic carbocycles. The van der Waals surface area contributed by atoms with E-state index in [2.05, 4.69) is 5.32 Å². The number of carbonyl (C=O) groups is 2. The Morgan fingerprint density at radius 1 is 1.15 bits per heavy atom. The summed E-state index contributed by atoms with van der Waals surface area (Å²) >= 11 is 0. The maximum atomic E-state index is 14.1. The predicted molar refractivity (Wildman–Crippen MR) is 101 cm³/mol. The molecule has 1 N–H and O–H groups in total. The number of ether oxygens (including phenoxy) is 1. The quantitative estimate of drug-likeness (QED) is 0.859. The summed E-state index contributed by atoms with van der Waals surface area (Å²) in [6.07, 6.45) is 7.58. The van der Waals surface area contributed by atoms with Crippen LogP contribution >= 0.6 is 0 Å². The van der Waals surface area contributed by atoms with E-state index >= 15 is 0 Å². The lowest BCUT2D eigenvalue weighted by atomic mass is 9.82. The van der Waals surface area contributed by atoms with Crippen LogP contribution in [0.2, 0.25) is 0 Å². The highest BCUT2D eigenvalue weighted by atomic mass is 19.1. The van der Waals surface area contributed by atoms with Crippen molar-refractivity contribution in [2.75, 3.05) is 20.2 Å². The van der Waals surface area contributed by atoms with E-state index in [1.165, 1.54) is 19.2 Å². The molecule has 2 aliphatic rings. The van der Waals surface area contributed by atoms with Crippen LogP contribution in [0.25, 0.3) is 0 Å². The van der Waals surface area contributed by atoms with E-state index in [0.717, 1.165) is 51.4 Å². The Labute approximate surface area is 160 Å². The van der Waals surface area contributed by atoms with E-state index in [-0.39, 0.29) is 29.5 Å². The number of carbonyl (C=O) groups excluding carboxylic acids is 2. The summed E-state index contributed by atoms with van der Waals surface area (Å²) in [6, 6.07) is 4.21. The van der Waals surface area contributed by atoms with Gasteiger partial charge in [0.2, 0.25) is 5.91 Å². The lowest BCUT2D eigenvalue weighted by molar-refractivity contribution is -0.128. The Kier molecular flexibility index (Phi) is 6.69. The van der Waals surface area contributed by atoms with Crippen molar-refractivity contribution in [3.63, 3.8) is 0 Å². The van der Waals surface area contributed by atoms with Gasteiger partial charge in [0.15, 0.2) is 11.6 Å². The standard InChI is InChI=1S/C21H29FN2O3/c1-27-19-11-10-15(14-17(19)22)21(26)24-13-7-3-2-6-12-23-20(25)16-8-4-5-9-18(16)24/h10-11,14,16,18H,2-9,12-13H2,1H3,(H,23,25)/t16-,18+/m1/s1. The van der Waals surface area contributed by atoms with Crippen molar-refractivity contribution >= 4 is 11.8 Å². The van der Waals surface area contributed by atoms with Gasteiger partial charge in [0.25, 0.3) is 5.91 Å². The zero-order valence-corrected chi connectivity index (χ0v) is 16.0. The third kappa shape index (κ3) is 4.60. The molecular weight excluding hydrogens is 347 g/mol. The number of rotatable bonds is 2. The van der Waals surface area contributed by atoms with Crippen molar-refractivity contribution < 1.29 is 18.7 Å². The lowest BCUT2D eigenvalue weighted by Crippen LogP contribution is -2.51. The van der Waals surface area contributed by atoms with E-state index in [0.29, 0.717) is 18.7 Å². The molecule has 2 atom stereocenters. The van der Waals surface area contributed by atoms with Crippen LogP contribution in [0, 0.1) is 11.7 Å². The van der Waals surface area contributed by atoms with Crippen LogP contribution in [-0.2, 0) is 4.79 Å². The summed E-state index contributed by atoms with van der Waals surface area (Å²) < 4.78 is 19.1. The third-order valence-corrected chi connectivity index (χ3v) is 5.75. The first-order valence-electron chi connectivity index (χ1n) is 10.0. The second-order valence-corrected chi connectivity index (χ2v) is 7.51. The zero-order valence-electron chi connectivity index (χ0n) is 16.0. The molecule has 5 nitrogen and oxygen atoms in total. The van der Waals surface area contributed by atoms with Crippen LogP contribution in [0.1, 0.15) is 61.7 Å². The van der Waals surface area contributed by atoms with Gasteiger partial charge in [-0.25, -0.2) is 4.39 Å². The molecule has 1 saturated heterocycles. The summed E-state index contributed by atoms with van der Waals surface area (Å²) in [5.74, 6) is -0.734. The Hall–Kier alpha value is -2.11. The van der Waals surface area contributed by atoms with Crippen molar-refractivity contribution in [1.82, 2.24) is 10.2 Å². The van der Waals surface area contributed by atoms with Gasteiger partial charge in [-0.1, -0.05) is 25.7 Å². The molecule has 0 radical (unpaired) electrons. The SMILES string of the molecule is COc1ccc(C(=O)N2CCCCCCNC(=O)[C@@H]3CCCC[C@@H]32)cc1F. The smallest absolute Gasteiger partial charge is 0.254 e. The Balaban J connectivity index is 1.88. The van der Waals surface area contributed by atoms with Crippen LogP contribution < -0.4 is 10.1 Å². The van der Waals surface area contributed by atoms with Crippen molar-refractivity contribution in [3.05, 3.63) is 29.6 Å². The lowest BCUT2D eigenvalue weighted by Gasteiger charge is -2.39. The molecule has 1 heterocycles. The van der Waals surface area contributed by atoms with E-state index in [1.807, 2.05) is 4.90 Å². The van der Waals surface area contributed by atoms with Gasteiger partial charge in [0.1, 0.15) is 0 Å². The summed E-state index contributed by atoms with van der Waals surface area (Å²) in [5.41, 5.74) is 0.313. The molecule has 2 amide bonds. The van der Waals surface area contributed by atoms with Crippen molar-refractivity contribution in [2.24, 2.45) is 5.92 Å². The number of methoxy groups -OCH3 is 1. The highest BCUT2D eigenvalue weighted by molar-refractivity contribution is 5.95. The fraction of sp³-hybridized carbons (Fsp3) is 0.619. The topological polar surface area (TPSA) is 58.6 Å². The van der Waals surface area contributed by atoms with Crippen LogP contribution in [-0.4, -0.2) is 43.0 Å². The molecule has 0 bridgehead atoms. The molecule has 2 fully saturated rings. The minimum Gasteiger partial charge on any atom is -0.494 e. The van der Waals surface area contributed by atoms with Gasteiger partial charge in [-0.05, 0) is 43.9 Å². The number of hydrogen-bond acceptors (Lipinski definition) is 3. The van der Waals surface area contributed by atoms with Crippen LogP contribution in [0.4, 0.5) is 4.39 Å². The molecule has 0 unspecified atom stereocenters. The average molecular weight is 376 g/mol. The van der Waals surface area contributed by atoms with E-state index in [9.17, 15) is 14.0 Å². The van der Waals surface area contributed by atoms with Gasteiger partial charge < -0.3 is 15.0 Å². The van der Waals surface area contributed by atoms with Crippen LogP contribution in [0.3, 0.4) is 0 Å². The second kappa shape index (κ2) is 9.20. The largest absolute Gasteiger partial charge is 0.494 e. The summed E-state index contributed by atoms with van der Waals surface area (Å²) in [6.45, 7) is 1.32. The average Bonchev–Trinajstić information content (AvgIpc) is 2.72. The first-order valence-corrected chi connectivity index (χ1v) is 10.0. The van der Waals surface area contributed by atoms with Gasteiger partial charge in [0.05, 0.1) is 13.0 Å². The van der Waals surface area contributed by atoms with Gasteiger partial charge >= 0.3 is 0 Å². The summed E-state index contributed by atoms with van der Waals surface area (Å²) in [5, 5.41) is 3.05. The zero-order chi connectivity index (χ0) is 19.2. The first-order chi connectivity index (χ1) is 13.1. The molecule has 1 aliphatic heterocycles. The fourth-order valence-electron chi connectivity index (χ4n) is 4.28. The fourth-order valence-corrected chi connectivity index (χ4v) is 4.28. The molecule has 148 valence electrons. The first kappa shape index (κ1) is 19.6. The number of nitrogens with one attached hydrogen (secondary N) is 1. The summed E-state index contributed by atoms with van der Waals surface area (Å²) in [4.78, 5) is 27.8. The van der Waals surface area contributed by atoms with Crippen LogP contribution in [0.15, 0.2) is 18.2 Å².